The molecule has 0 bridgehead atoms. The van der Waals surface area contributed by atoms with Crippen LogP contribution in [0.5, 0.6) is 0 Å². The van der Waals surface area contributed by atoms with Gasteiger partial charge in [0.1, 0.15) is 11.6 Å². The van der Waals surface area contributed by atoms with E-state index in [1.807, 2.05) is 10.7 Å². The molecule has 2 aromatic rings. The largest absolute Gasteiger partial charge is 0.370 e. The third-order valence-electron chi connectivity index (χ3n) is 4.03. The first-order valence-electron chi connectivity index (χ1n) is 8.18. The Morgan fingerprint density at radius 3 is 3.17 bits per heavy atom. The maximum atomic E-state index is 13.1. The summed E-state index contributed by atoms with van der Waals surface area (Å²) in [6.07, 6.45) is 2.00. The molecule has 6 nitrogen and oxygen atoms in total. The van der Waals surface area contributed by atoms with Crippen molar-refractivity contribution in [2.45, 2.75) is 13.0 Å². The Labute approximate surface area is 140 Å². The molecule has 1 atom stereocenters. The molecule has 24 heavy (non-hydrogen) atoms. The highest BCUT2D eigenvalue weighted by Gasteiger charge is 2.17. The number of nitrogens with one attached hydrogen (secondary N) is 3. The van der Waals surface area contributed by atoms with Gasteiger partial charge in [-0.25, -0.2) is 9.07 Å². The van der Waals surface area contributed by atoms with Gasteiger partial charge in [-0.3, -0.25) is 4.79 Å². The van der Waals surface area contributed by atoms with Gasteiger partial charge in [-0.1, -0.05) is 12.1 Å². The Kier molecular flexibility index (Phi) is 5.43. The minimum Gasteiger partial charge on any atom is -0.370 e. The number of aromatic nitrogens is 2. The number of anilines is 1. The van der Waals surface area contributed by atoms with Crippen molar-refractivity contribution in [2.75, 3.05) is 31.5 Å². The summed E-state index contributed by atoms with van der Waals surface area (Å²) in [5, 5.41) is 13.8. The van der Waals surface area contributed by atoms with E-state index in [1.165, 1.54) is 12.1 Å². The SMILES string of the molecule is O=C(Cc1cccc(F)c1)NCCNC[C@@H]1CNc2ccnn2C1. The zero-order valence-corrected chi connectivity index (χ0v) is 13.5. The van der Waals surface area contributed by atoms with E-state index in [-0.39, 0.29) is 18.1 Å². The van der Waals surface area contributed by atoms with Crippen molar-refractivity contribution in [3.8, 4) is 0 Å². The number of carbonyl (C=O) groups excluding carboxylic acids is 1. The van der Waals surface area contributed by atoms with Gasteiger partial charge in [0, 0.05) is 44.7 Å². The van der Waals surface area contributed by atoms with Gasteiger partial charge in [-0.05, 0) is 17.7 Å². The van der Waals surface area contributed by atoms with Crippen LogP contribution in [-0.2, 0) is 17.8 Å². The van der Waals surface area contributed by atoms with E-state index in [0.717, 1.165) is 25.5 Å². The van der Waals surface area contributed by atoms with E-state index >= 15 is 0 Å². The zero-order valence-electron chi connectivity index (χ0n) is 13.5. The predicted molar refractivity (Wildman–Crippen MR) is 90.2 cm³/mol. The van der Waals surface area contributed by atoms with Gasteiger partial charge in [0.15, 0.2) is 0 Å². The quantitative estimate of drug-likeness (QED) is 0.662. The van der Waals surface area contributed by atoms with Gasteiger partial charge in [0.05, 0.1) is 12.6 Å². The normalized spacial score (nSPS) is 16.3. The molecule has 0 fully saturated rings. The molecular weight excluding hydrogens is 309 g/mol. The molecule has 0 unspecified atom stereocenters. The van der Waals surface area contributed by atoms with Crippen LogP contribution in [0.4, 0.5) is 10.2 Å². The van der Waals surface area contributed by atoms with Crippen LogP contribution in [0, 0.1) is 11.7 Å². The number of fused-ring (bicyclic) bond motifs is 1. The molecule has 128 valence electrons. The molecule has 1 aromatic carbocycles. The summed E-state index contributed by atoms with van der Waals surface area (Å²) in [5.74, 6) is 1.13. The highest BCUT2D eigenvalue weighted by atomic mass is 19.1. The lowest BCUT2D eigenvalue weighted by atomic mass is 10.1. The van der Waals surface area contributed by atoms with Gasteiger partial charge >= 0.3 is 0 Å². The number of hydrogen-bond donors (Lipinski definition) is 3. The second-order valence-corrected chi connectivity index (χ2v) is 6.01. The van der Waals surface area contributed by atoms with E-state index in [0.29, 0.717) is 24.6 Å². The van der Waals surface area contributed by atoms with Crippen LogP contribution in [0.3, 0.4) is 0 Å². The summed E-state index contributed by atoms with van der Waals surface area (Å²) in [6, 6.07) is 8.09. The van der Waals surface area contributed by atoms with Crippen molar-refractivity contribution >= 4 is 11.7 Å². The summed E-state index contributed by atoms with van der Waals surface area (Å²) in [7, 11) is 0. The van der Waals surface area contributed by atoms with Crippen molar-refractivity contribution < 1.29 is 9.18 Å². The molecule has 0 aliphatic carbocycles. The Morgan fingerprint density at radius 2 is 2.29 bits per heavy atom. The summed E-state index contributed by atoms with van der Waals surface area (Å²) in [4.78, 5) is 11.8. The van der Waals surface area contributed by atoms with Crippen molar-refractivity contribution in [1.29, 1.82) is 0 Å². The number of carbonyl (C=O) groups is 1. The highest BCUT2D eigenvalue weighted by molar-refractivity contribution is 5.78. The molecule has 3 rings (SSSR count). The molecule has 0 radical (unpaired) electrons. The van der Waals surface area contributed by atoms with Gasteiger partial charge in [-0.2, -0.15) is 5.10 Å². The Hall–Kier alpha value is -2.41. The Balaban J connectivity index is 1.29. The number of halogens is 1. The number of hydrogen-bond acceptors (Lipinski definition) is 4. The van der Waals surface area contributed by atoms with Gasteiger partial charge < -0.3 is 16.0 Å². The van der Waals surface area contributed by atoms with Crippen molar-refractivity contribution in [2.24, 2.45) is 5.92 Å². The first-order valence-corrected chi connectivity index (χ1v) is 8.18. The van der Waals surface area contributed by atoms with Crippen LogP contribution in [-0.4, -0.2) is 41.9 Å². The molecule has 1 aromatic heterocycles. The molecule has 1 aliphatic heterocycles. The van der Waals surface area contributed by atoms with E-state index in [4.69, 9.17) is 0 Å². The lowest BCUT2D eigenvalue weighted by molar-refractivity contribution is -0.120. The van der Waals surface area contributed by atoms with Gasteiger partial charge in [0.2, 0.25) is 5.91 Å². The minimum atomic E-state index is -0.316. The number of amides is 1. The summed E-state index contributed by atoms with van der Waals surface area (Å²) in [5.41, 5.74) is 0.684. The van der Waals surface area contributed by atoms with E-state index < -0.39 is 0 Å². The molecule has 2 heterocycles. The lowest BCUT2D eigenvalue weighted by Gasteiger charge is -2.25. The van der Waals surface area contributed by atoms with Crippen LogP contribution in [0.1, 0.15) is 5.56 Å². The highest BCUT2D eigenvalue weighted by Crippen LogP contribution is 2.15. The third kappa shape index (κ3) is 4.55. The standard InChI is InChI=1S/C17H22FN5O/c18-15-3-1-2-13(8-15)9-17(24)20-7-6-19-10-14-11-21-16-4-5-22-23(16)12-14/h1-5,8,14,19,21H,6-7,9-12H2,(H,20,24)/t14-/m1/s1. The average Bonchev–Trinajstić information content (AvgIpc) is 3.02. The van der Waals surface area contributed by atoms with Crippen molar-refractivity contribution in [3.63, 3.8) is 0 Å². The number of nitrogens with zero attached hydrogens (tertiary/aromatic N) is 2. The van der Waals surface area contributed by atoms with Gasteiger partial charge in [0.25, 0.3) is 0 Å². The Bertz CT molecular complexity index is 687. The van der Waals surface area contributed by atoms with Crippen LogP contribution in [0.15, 0.2) is 36.5 Å². The fourth-order valence-corrected chi connectivity index (χ4v) is 2.81. The van der Waals surface area contributed by atoms with Crippen LogP contribution in [0.25, 0.3) is 0 Å². The predicted octanol–water partition coefficient (Wildman–Crippen LogP) is 1.01. The fraction of sp³-hybridized carbons (Fsp3) is 0.412. The first kappa shape index (κ1) is 16.4. The maximum absolute atomic E-state index is 13.1. The lowest BCUT2D eigenvalue weighted by Crippen LogP contribution is -2.38. The Morgan fingerprint density at radius 1 is 1.38 bits per heavy atom. The van der Waals surface area contributed by atoms with E-state index in [1.54, 1.807) is 18.3 Å². The van der Waals surface area contributed by atoms with Crippen LogP contribution < -0.4 is 16.0 Å². The smallest absolute Gasteiger partial charge is 0.224 e. The maximum Gasteiger partial charge on any atom is 0.224 e. The van der Waals surface area contributed by atoms with Crippen LogP contribution >= 0.6 is 0 Å². The molecular formula is C17H22FN5O. The minimum absolute atomic E-state index is 0.0945. The molecule has 0 saturated heterocycles. The van der Waals surface area contributed by atoms with E-state index in [9.17, 15) is 9.18 Å². The molecule has 0 saturated carbocycles. The molecule has 1 amide bonds. The summed E-state index contributed by atoms with van der Waals surface area (Å²) in [6.45, 7) is 3.95. The second kappa shape index (κ2) is 7.92. The van der Waals surface area contributed by atoms with Crippen molar-refractivity contribution in [1.82, 2.24) is 20.4 Å². The number of benzene rings is 1. The fourth-order valence-electron chi connectivity index (χ4n) is 2.81. The van der Waals surface area contributed by atoms with Crippen LogP contribution in [0.2, 0.25) is 0 Å². The first-order chi connectivity index (χ1) is 11.7. The topological polar surface area (TPSA) is 71.0 Å². The average molecular weight is 331 g/mol. The zero-order chi connectivity index (χ0) is 16.8. The van der Waals surface area contributed by atoms with Gasteiger partial charge in [-0.15, -0.1) is 0 Å². The third-order valence-corrected chi connectivity index (χ3v) is 4.03. The summed E-state index contributed by atoms with van der Waals surface area (Å²) >= 11 is 0. The van der Waals surface area contributed by atoms with Crippen molar-refractivity contribution in [3.05, 3.63) is 47.9 Å². The monoisotopic (exact) mass is 331 g/mol. The second-order valence-electron chi connectivity index (χ2n) is 6.01. The number of rotatable bonds is 7. The molecule has 7 heteroatoms. The molecule has 3 N–H and O–H groups in total. The molecule has 1 aliphatic rings. The van der Waals surface area contributed by atoms with E-state index in [2.05, 4.69) is 21.0 Å². The summed E-state index contributed by atoms with van der Waals surface area (Å²) < 4.78 is 15.0. The molecule has 0 spiro atoms.